The summed E-state index contributed by atoms with van der Waals surface area (Å²) in [7, 11) is 0. The van der Waals surface area contributed by atoms with Crippen LogP contribution in [0.5, 0.6) is 0 Å². The minimum absolute atomic E-state index is 0. The standard InChI is InChI=1S/C3H6N4.HI/c4-7-3-5-1-2-6-3;/h1-2H,4H2,(H2,5,6,7);1H. The van der Waals surface area contributed by atoms with Crippen molar-refractivity contribution in [3.8, 4) is 0 Å². The van der Waals surface area contributed by atoms with Gasteiger partial charge in [-0.3, -0.25) is 5.43 Å². The molecule has 4 nitrogen and oxygen atoms in total. The summed E-state index contributed by atoms with van der Waals surface area (Å²) in [5.41, 5.74) is 2.34. The highest BCUT2D eigenvalue weighted by Gasteiger charge is 1.81. The minimum Gasteiger partial charge on any atom is -0.330 e. The number of hydrogen-bond donors (Lipinski definition) is 3. The SMILES string of the molecule is I.NNc1ncc[nH]1. The molecular weight excluding hydrogens is 219 g/mol. The van der Waals surface area contributed by atoms with Gasteiger partial charge in [-0.15, -0.1) is 24.0 Å². The van der Waals surface area contributed by atoms with Gasteiger partial charge in [-0.2, -0.15) is 0 Å². The van der Waals surface area contributed by atoms with Crippen LogP contribution in [0.3, 0.4) is 0 Å². The molecule has 0 bridgehead atoms. The molecule has 8 heavy (non-hydrogen) atoms. The number of aromatic nitrogens is 2. The number of rotatable bonds is 1. The van der Waals surface area contributed by atoms with Crippen molar-refractivity contribution in [3.05, 3.63) is 12.4 Å². The van der Waals surface area contributed by atoms with Crippen LogP contribution in [0.4, 0.5) is 5.95 Å². The monoisotopic (exact) mass is 226 g/mol. The van der Waals surface area contributed by atoms with E-state index in [-0.39, 0.29) is 24.0 Å². The second kappa shape index (κ2) is 3.67. The number of nitrogens with zero attached hydrogens (tertiary/aromatic N) is 1. The molecule has 0 aliphatic carbocycles. The fourth-order valence-corrected chi connectivity index (χ4v) is 0.344. The molecule has 0 unspecified atom stereocenters. The van der Waals surface area contributed by atoms with E-state index in [4.69, 9.17) is 5.84 Å². The summed E-state index contributed by atoms with van der Waals surface area (Å²) in [6.07, 6.45) is 3.31. The van der Waals surface area contributed by atoms with Gasteiger partial charge in [0.05, 0.1) is 0 Å². The van der Waals surface area contributed by atoms with Gasteiger partial charge in [0.15, 0.2) is 0 Å². The van der Waals surface area contributed by atoms with Gasteiger partial charge in [0.2, 0.25) is 5.95 Å². The average molecular weight is 226 g/mol. The number of hydrogen-bond acceptors (Lipinski definition) is 3. The van der Waals surface area contributed by atoms with Crippen molar-refractivity contribution in [2.45, 2.75) is 0 Å². The number of aromatic amines is 1. The normalized spacial score (nSPS) is 7.62. The maximum Gasteiger partial charge on any atom is 0.214 e. The lowest BCUT2D eigenvalue weighted by atomic mass is 11.0. The summed E-state index contributed by atoms with van der Waals surface area (Å²) in [6.45, 7) is 0. The van der Waals surface area contributed by atoms with Gasteiger partial charge in [0, 0.05) is 12.4 Å². The number of anilines is 1. The van der Waals surface area contributed by atoms with Gasteiger partial charge in [-0.25, -0.2) is 10.8 Å². The molecule has 0 saturated heterocycles. The molecule has 1 aromatic heterocycles. The fraction of sp³-hybridized carbons (Fsp3) is 0. The zero-order chi connectivity index (χ0) is 5.11. The smallest absolute Gasteiger partial charge is 0.214 e. The zero-order valence-electron chi connectivity index (χ0n) is 4.09. The van der Waals surface area contributed by atoms with Crippen molar-refractivity contribution in [2.75, 3.05) is 5.43 Å². The van der Waals surface area contributed by atoms with Gasteiger partial charge in [0.25, 0.3) is 0 Å². The summed E-state index contributed by atoms with van der Waals surface area (Å²) in [6, 6.07) is 0. The van der Waals surface area contributed by atoms with E-state index in [9.17, 15) is 0 Å². The molecule has 0 amide bonds. The van der Waals surface area contributed by atoms with Gasteiger partial charge in [-0.1, -0.05) is 0 Å². The first-order valence-corrected chi connectivity index (χ1v) is 1.89. The third-order valence-electron chi connectivity index (χ3n) is 0.635. The molecule has 0 aliphatic heterocycles. The molecule has 0 fully saturated rings. The van der Waals surface area contributed by atoms with Gasteiger partial charge in [0.1, 0.15) is 0 Å². The Kier molecular flexibility index (Phi) is 3.53. The molecule has 0 saturated carbocycles. The Bertz CT molecular complexity index is 126. The minimum atomic E-state index is 0. The van der Waals surface area contributed by atoms with E-state index in [1.54, 1.807) is 12.4 Å². The Labute approximate surface area is 63.9 Å². The maximum atomic E-state index is 4.95. The van der Waals surface area contributed by atoms with E-state index in [0.717, 1.165) is 0 Å². The number of nitrogen functional groups attached to an aromatic ring is 1. The molecule has 0 radical (unpaired) electrons. The molecule has 4 N–H and O–H groups in total. The van der Waals surface area contributed by atoms with Crippen LogP contribution in [0.25, 0.3) is 0 Å². The van der Waals surface area contributed by atoms with Crippen molar-refractivity contribution in [3.63, 3.8) is 0 Å². The second-order valence-electron chi connectivity index (χ2n) is 1.08. The maximum absolute atomic E-state index is 4.95. The summed E-state index contributed by atoms with van der Waals surface area (Å²) in [5, 5.41) is 0. The zero-order valence-corrected chi connectivity index (χ0v) is 6.42. The first kappa shape index (κ1) is 7.70. The topological polar surface area (TPSA) is 66.7 Å². The van der Waals surface area contributed by atoms with Crippen molar-refractivity contribution in [1.29, 1.82) is 0 Å². The predicted molar refractivity (Wildman–Crippen MR) is 41.8 cm³/mol. The lowest BCUT2D eigenvalue weighted by Crippen LogP contribution is -2.07. The van der Waals surface area contributed by atoms with Gasteiger partial charge >= 0.3 is 0 Å². The Balaban J connectivity index is 0.000000490. The van der Waals surface area contributed by atoms with E-state index >= 15 is 0 Å². The predicted octanol–water partition coefficient (Wildman–Crippen LogP) is 0.313. The number of hydrazine groups is 1. The van der Waals surface area contributed by atoms with Gasteiger partial charge in [-0.05, 0) is 0 Å². The molecule has 1 heterocycles. The molecule has 1 aromatic rings. The largest absolute Gasteiger partial charge is 0.330 e. The Morgan fingerprint density at radius 1 is 1.75 bits per heavy atom. The number of H-pyrrole nitrogens is 1. The van der Waals surface area contributed by atoms with Crippen LogP contribution < -0.4 is 11.3 Å². The quantitative estimate of drug-likeness (QED) is 0.367. The number of imidazole rings is 1. The fourth-order valence-electron chi connectivity index (χ4n) is 0.344. The molecule has 1 rings (SSSR count). The van der Waals surface area contributed by atoms with Crippen molar-refractivity contribution in [2.24, 2.45) is 5.84 Å². The lowest BCUT2D eigenvalue weighted by Gasteiger charge is -1.85. The van der Waals surface area contributed by atoms with E-state index in [1.807, 2.05) is 0 Å². The molecule has 0 spiro atoms. The van der Waals surface area contributed by atoms with Crippen LogP contribution in [0.15, 0.2) is 12.4 Å². The molecule has 46 valence electrons. The number of nitrogens with two attached hydrogens (primary N) is 1. The van der Waals surface area contributed by atoms with Crippen molar-refractivity contribution < 1.29 is 0 Å². The molecule has 0 atom stereocenters. The van der Waals surface area contributed by atoms with Crippen molar-refractivity contribution in [1.82, 2.24) is 9.97 Å². The van der Waals surface area contributed by atoms with E-state index in [2.05, 4.69) is 15.4 Å². The van der Waals surface area contributed by atoms with E-state index < -0.39 is 0 Å². The lowest BCUT2D eigenvalue weighted by molar-refractivity contribution is 1.20. The molecule has 0 aromatic carbocycles. The van der Waals surface area contributed by atoms with Crippen LogP contribution >= 0.6 is 24.0 Å². The van der Waals surface area contributed by atoms with Gasteiger partial charge < -0.3 is 4.98 Å². The summed E-state index contributed by atoms with van der Waals surface area (Å²) < 4.78 is 0. The van der Waals surface area contributed by atoms with Crippen LogP contribution in [0.2, 0.25) is 0 Å². The summed E-state index contributed by atoms with van der Waals surface area (Å²) in [5.74, 6) is 5.53. The highest BCUT2D eigenvalue weighted by atomic mass is 127. The molecular formula is C3H7IN4. The van der Waals surface area contributed by atoms with Crippen molar-refractivity contribution >= 4 is 29.9 Å². The highest BCUT2D eigenvalue weighted by Crippen LogP contribution is 1.87. The second-order valence-corrected chi connectivity index (χ2v) is 1.08. The highest BCUT2D eigenvalue weighted by molar-refractivity contribution is 14.0. The van der Waals surface area contributed by atoms with Crippen LogP contribution in [-0.2, 0) is 0 Å². The summed E-state index contributed by atoms with van der Waals surface area (Å²) in [4.78, 5) is 6.48. The van der Waals surface area contributed by atoms with Crippen LogP contribution in [-0.4, -0.2) is 9.97 Å². The van der Waals surface area contributed by atoms with Crippen LogP contribution in [0, 0.1) is 0 Å². The Hall–Kier alpha value is -0.300. The van der Waals surface area contributed by atoms with Crippen LogP contribution in [0.1, 0.15) is 0 Å². The Morgan fingerprint density at radius 2 is 2.50 bits per heavy atom. The molecule has 0 aliphatic rings. The Morgan fingerprint density at radius 3 is 2.75 bits per heavy atom. The number of nitrogens with one attached hydrogen (secondary N) is 2. The first-order chi connectivity index (χ1) is 3.43. The number of halogens is 1. The van der Waals surface area contributed by atoms with E-state index in [0.29, 0.717) is 5.95 Å². The first-order valence-electron chi connectivity index (χ1n) is 1.89. The third kappa shape index (κ3) is 1.66. The average Bonchev–Trinajstić information content (AvgIpc) is 2.14. The van der Waals surface area contributed by atoms with E-state index in [1.165, 1.54) is 0 Å². The molecule has 5 heteroatoms. The third-order valence-corrected chi connectivity index (χ3v) is 0.635. The summed E-state index contributed by atoms with van der Waals surface area (Å²) >= 11 is 0.